The summed E-state index contributed by atoms with van der Waals surface area (Å²) in [5, 5.41) is 18.6. The number of rotatable bonds is 9. The van der Waals surface area contributed by atoms with E-state index in [2.05, 4.69) is 56.9 Å². The summed E-state index contributed by atoms with van der Waals surface area (Å²) < 4.78 is 1.77. The van der Waals surface area contributed by atoms with Crippen LogP contribution in [0.25, 0.3) is 5.78 Å². The standard InChI is InChI=1S/C20H34N8OS/c1-6-21-17-24-18(22-7-2)28-19(25-17)26-27-20(28)30-11-16(29)23-15-10-13(5)8-9-14(15)12(3)4/h12-15H,6-11H2,1-5H3,(H,23,29)(H2,21,22,24,25,26). The van der Waals surface area contributed by atoms with Gasteiger partial charge in [-0.3, -0.25) is 4.79 Å². The molecule has 1 aliphatic carbocycles. The zero-order valence-corrected chi connectivity index (χ0v) is 19.4. The Bertz CT molecular complexity index is 855. The topological polar surface area (TPSA) is 109 Å². The molecular weight excluding hydrogens is 400 g/mol. The first-order valence-electron chi connectivity index (χ1n) is 11.0. The molecule has 0 aromatic carbocycles. The van der Waals surface area contributed by atoms with Gasteiger partial charge in [0.1, 0.15) is 0 Å². The SMILES string of the molecule is CCNc1nc(NCC)n2c(SCC(=O)NC3CC(C)CCC3C(C)C)nnc2n1. The van der Waals surface area contributed by atoms with Crippen molar-refractivity contribution in [1.29, 1.82) is 0 Å². The fourth-order valence-corrected chi connectivity index (χ4v) is 4.88. The summed E-state index contributed by atoms with van der Waals surface area (Å²) in [6.45, 7) is 12.2. The Morgan fingerprint density at radius 1 is 1.17 bits per heavy atom. The van der Waals surface area contributed by atoms with Gasteiger partial charge >= 0.3 is 0 Å². The number of hydrogen-bond donors (Lipinski definition) is 3. The summed E-state index contributed by atoms with van der Waals surface area (Å²) in [4.78, 5) is 21.6. The Balaban J connectivity index is 1.69. The molecule has 1 amide bonds. The maximum atomic E-state index is 12.7. The molecule has 9 nitrogen and oxygen atoms in total. The third-order valence-corrected chi connectivity index (χ3v) is 6.55. The average molecular weight is 435 g/mol. The number of carbonyl (C=O) groups is 1. The van der Waals surface area contributed by atoms with Crippen molar-refractivity contribution >= 4 is 35.3 Å². The number of amides is 1. The molecule has 2 aromatic heterocycles. The zero-order valence-electron chi connectivity index (χ0n) is 18.6. The first-order chi connectivity index (χ1) is 14.4. The highest BCUT2D eigenvalue weighted by molar-refractivity contribution is 7.99. The fourth-order valence-electron chi connectivity index (χ4n) is 4.14. The van der Waals surface area contributed by atoms with Crippen LogP contribution in [0.2, 0.25) is 0 Å². The molecule has 2 heterocycles. The number of anilines is 2. The van der Waals surface area contributed by atoms with Crippen LogP contribution in [0.1, 0.15) is 53.9 Å². The van der Waals surface area contributed by atoms with Crippen molar-refractivity contribution in [2.24, 2.45) is 17.8 Å². The summed E-state index contributed by atoms with van der Waals surface area (Å²) in [7, 11) is 0. The van der Waals surface area contributed by atoms with Gasteiger partial charge in [0.2, 0.25) is 17.8 Å². The molecule has 166 valence electrons. The van der Waals surface area contributed by atoms with Crippen LogP contribution in [-0.4, -0.2) is 55.4 Å². The zero-order chi connectivity index (χ0) is 21.7. The van der Waals surface area contributed by atoms with Crippen molar-refractivity contribution in [2.45, 2.75) is 65.1 Å². The van der Waals surface area contributed by atoms with E-state index in [4.69, 9.17) is 0 Å². The number of carbonyl (C=O) groups excluding carboxylic acids is 1. The minimum absolute atomic E-state index is 0.0386. The molecule has 3 rings (SSSR count). The van der Waals surface area contributed by atoms with E-state index in [9.17, 15) is 4.79 Å². The highest BCUT2D eigenvalue weighted by Gasteiger charge is 2.31. The van der Waals surface area contributed by atoms with Crippen molar-refractivity contribution in [1.82, 2.24) is 29.9 Å². The number of thioether (sulfide) groups is 1. The van der Waals surface area contributed by atoms with Gasteiger partial charge < -0.3 is 16.0 Å². The van der Waals surface area contributed by atoms with Gasteiger partial charge in [0.05, 0.1) is 5.75 Å². The summed E-state index contributed by atoms with van der Waals surface area (Å²) >= 11 is 1.36. The summed E-state index contributed by atoms with van der Waals surface area (Å²) in [6, 6.07) is 0.250. The van der Waals surface area contributed by atoms with Crippen LogP contribution in [0.5, 0.6) is 0 Å². The quantitative estimate of drug-likeness (QED) is 0.517. The molecule has 0 saturated heterocycles. The number of aromatic nitrogens is 5. The van der Waals surface area contributed by atoms with E-state index in [1.54, 1.807) is 4.40 Å². The number of nitrogens with one attached hydrogen (secondary N) is 3. The summed E-state index contributed by atoms with van der Waals surface area (Å²) in [6.07, 6.45) is 3.49. The molecule has 0 spiro atoms. The van der Waals surface area contributed by atoms with Crippen molar-refractivity contribution in [3.05, 3.63) is 0 Å². The van der Waals surface area contributed by atoms with Gasteiger partial charge in [-0.05, 0) is 44.4 Å². The third kappa shape index (κ3) is 5.33. The predicted molar refractivity (Wildman–Crippen MR) is 121 cm³/mol. The van der Waals surface area contributed by atoms with E-state index in [-0.39, 0.29) is 17.7 Å². The average Bonchev–Trinajstić information content (AvgIpc) is 3.10. The lowest BCUT2D eigenvalue weighted by Gasteiger charge is -2.37. The lowest BCUT2D eigenvalue weighted by molar-refractivity contribution is -0.120. The highest BCUT2D eigenvalue weighted by atomic mass is 32.2. The molecule has 1 aliphatic rings. The first kappa shape index (κ1) is 22.6. The molecule has 2 aromatic rings. The van der Waals surface area contributed by atoms with E-state index >= 15 is 0 Å². The van der Waals surface area contributed by atoms with E-state index in [0.29, 0.717) is 47.1 Å². The monoisotopic (exact) mass is 434 g/mol. The predicted octanol–water partition coefficient (Wildman–Crippen LogP) is 3.05. The largest absolute Gasteiger partial charge is 0.355 e. The van der Waals surface area contributed by atoms with E-state index < -0.39 is 0 Å². The molecule has 0 bridgehead atoms. The van der Waals surface area contributed by atoms with Crippen LogP contribution in [0.4, 0.5) is 11.9 Å². The molecule has 3 unspecified atom stereocenters. The Morgan fingerprint density at radius 2 is 1.93 bits per heavy atom. The third-order valence-electron chi connectivity index (χ3n) is 5.62. The van der Waals surface area contributed by atoms with E-state index in [0.717, 1.165) is 13.0 Å². The Hall–Kier alpha value is -2.10. The fraction of sp³-hybridized carbons (Fsp3) is 0.750. The van der Waals surface area contributed by atoms with Gasteiger partial charge in [0.25, 0.3) is 5.78 Å². The second kappa shape index (κ2) is 10.3. The van der Waals surface area contributed by atoms with Gasteiger partial charge in [0, 0.05) is 19.1 Å². The molecule has 10 heteroatoms. The van der Waals surface area contributed by atoms with Gasteiger partial charge in [-0.2, -0.15) is 9.97 Å². The molecule has 3 N–H and O–H groups in total. The Morgan fingerprint density at radius 3 is 2.63 bits per heavy atom. The smallest absolute Gasteiger partial charge is 0.261 e. The van der Waals surface area contributed by atoms with Crippen molar-refractivity contribution < 1.29 is 4.79 Å². The summed E-state index contributed by atoms with van der Waals surface area (Å²) in [5.74, 6) is 3.68. The second-order valence-corrected chi connectivity index (χ2v) is 9.28. The maximum Gasteiger partial charge on any atom is 0.261 e. The van der Waals surface area contributed by atoms with Crippen LogP contribution in [0.3, 0.4) is 0 Å². The van der Waals surface area contributed by atoms with Crippen LogP contribution in [0, 0.1) is 17.8 Å². The molecule has 30 heavy (non-hydrogen) atoms. The van der Waals surface area contributed by atoms with Crippen LogP contribution < -0.4 is 16.0 Å². The lowest BCUT2D eigenvalue weighted by Crippen LogP contribution is -2.46. The van der Waals surface area contributed by atoms with E-state index in [1.807, 2.05) is 13.8 Å². The van der Waals surface area contributed by atoms with Gasteiger partial charge in [0.15, 0.2) is 5.16 Å². The minimum atomic E-state index is 0.0386. The van der Waals surface area contributed by atoms with Crippen LogP contribution in [-0.2, 0) is 4.79 Å². The molecular formula is C20H34N8OS. The minimum Gasteiger partial charge on any atom is -0.355 e. The first-order valence-corrected chi connectivity index (χ1v) is 11.9. The van der Waals surface area contributed by atoms with Crippen LogP contribution >= 0.6 is 11.8 Å². The molecule has 0 aliphatic heterocycles. The maximum absolute atomic E-state index is 12.7. The van der Waals surface area contributed by atoms with Gasteiger partial charge in [-0.1, -0.05) is 39.0 Å². The van der Waals surface area contributed by atoms with Crippen molar-refractivity contribution in [3.63, 3.8) is 0 Å². The van der Waals surface area contributed by atoms with Crippen molar-refractivity contribution in [3.8, 4) is 0 Å². The lowest BCUT2D eigenvalue weighted by atomic mass is 9.74. The molecule has 0 radical (unpaired) electrons. The second-order valence-electron chi connectivity index (χ2n) is 8.34. The van der Waals surface area contributed by atoms with Gasteiger partial charge in [-0.25, -0.2) is 4.40 Å². The number of hydrogen-bond acceptors (Lipinski definition) is 8. The summed E-state index contributed by atoms with van der Waals surface area (Å²) in [5.41, 5.74) is 0. The number of fused-ring (bicyclic) bond motifs is 1. The highest BCUT2D eigenvalue weighted by Crippen LogP contribution is 2.33. The van der Waals surface area contributed by atoms with Gasteiger partial charge in [-0.15, -0.1) is 10.2 Å². The number of nitrogens with zero attached hydrogens (tertiary/aromatic N) is 5. The Kier molecular flexibility index (Phi) is 7.74. The molecule has 3 atom stereocenters. The Labute approximate surface area is 182 Å². The molecule has 1 fully saturated rings. The molecule has 1 saturated carbocycles. The van der Waals surface area contributed by atoms with Crippen molar-refractivity contribution in [2.75, 3.05) is 29.5 Å². The van der Waals surface area contributed by atoms with E-state index in [1.165, 1.54) is 24.6 Å². The normalized spacial score (nSPS) is 21.7. The van der Waals surface area contributed by atoms with Crippen LogP contribution in [0.15, 0.2) is 5.16 Å².